The first-order valence-electron chi connectivity index (χ1n) is 6.77. The van der Waals surface area contributed by atoms with Crippen LogP contribution in [0, 0.1) is 5.92 Å². The molecule has 0 atom stereocenters. The molecule has 100 valence electrons. The summed E-state index contributed by atoms with van der Waals surface area (Å²) in [5.41, 5.74) is 1.81. The molecule has 0 spiro atoms. The maximum Gasteiger partial charge on any atom is 0.268 e. The zero-order chi connectivity index (χ0) is 13.2. The van der Waals surface area contributed by atoms with Gasteiger partial charge < -0.3 is 15.0 Å². The molecule has 0 aliphatic heterocycles. The number of fused-ring (bicyclic) bond motifs is 1. The Kier molecular flexibility index (Phi) is 3.25. The fourth-order valence-corrected chi connectivity index (χ4v) is 2.41. The van der Waals surface area contributed by atoms with E-state index in [0.717, 1.165) is 17.4 Å². The number of hydrogen-bond acceptors (Lipinski definition) is 2. The molecule has 1 aromatic heterocycles. The number of carbonyl (C=O) groups excluding carboxylic acids is 1. The number of carbonyl (C=O) groups is 1. The molecule has 0 unspecified atom stereocenters. The first kappa shape index (κ1) is 12.2. The maximum absolute atomic E-state index is 12.2. The zero-order valence-corrected chi connectivity index (χ0v) is 10.8. The summed E-state index contributed by atoms with van der Waals surface area (Å²) in [5.74, 6) is 0.603. The smallest absolute Gasteiger partial charge is 0.268 e. The Morgan fingerprint density at radius 1 is 1.37 bits per heavy atom. The van der Waals surface area contributed by atoms with E-state index < -0.39 is 0 Å². The summed E-state index contributed by atoms with van der Waals surface area (Å²) in [7, 11) is 0. The summed E-state index contributed by atoms with van der Waals surface area (Å²) >= 11 is 0. The Balaban J connectivity index is 1.98. The lowest BCUT2D eigenvalue weighted by Crippen LogP contribution is -2.28. The average molecular weight is 258 g/mol. The van der Waals surface area contributed by atoms with Crippen LogP contribution in [0.3, 0.4) is 0 Å². The van der Waals surface area contributed by atoms with Crippen LogP contribution in [0.1, 0.15) is 23.3 Å². The van der Waals surface area contributed by atoms with Crippen LogP contribution in [0.5, 0.6) is 0 Å². The highest BCUT2D eigenvalue weighted by molar-refractivity contribution is 5.98. The normalized spacial score (nSPS) is 14.8. The molecular formula is C15H18N2O2. The second-order valence-electron chi connectivity index (χ2n) is 5.12. The Labute approximate surface area is 112 Å². The van der Waals surface area contributed by atoms with Crippen molar-refractivity contribution in [1.29, 1.82) is 0 Å². The predicted octanol–water partition coefficient (Wildman–Crippen LogP) is 1.77. The van der Waals surface area contributed by atoms with E-state index in [1.807, 2.05) is 24.3 Å². The summed E-state index contributed by atoms with van der Waals surface area (Å²) in [6, 6.07) is 10.0. The maximum atomic E-state index is 12.2. The number of hydrogen-bond donors (Lipinski definition) is 2. The van der Waals surface area contributed by atoms with Crippen LogP contribution >= 0.6 is 0 Å². The SMILES string of the molecule is O=C(NCCO)c1cc2ccccc2n1CC1CC1. The van der Waals surface area contributed by atoms with Crippen LogP contribution in [-0.4, -0.2) is 28.7 Å². The van der Waals surface area contributed by atoms with Gasteiger partial charge in [-0.1, -0.05) is 18.2 Å². The first-order chi connectivity index (χ1) is 9.29. The number of aromatic nitrogens is 1. The average Bonchev–Trinajstić information content (AvgIpc) is 3.17. The van der Waals surface area contributed by atoms with Gasteiger partial charge in [-0.25, -0.2) is 0 Å². The molecule has 2 N–H and O–H groups in total. The van der Waals surface area contributed by atoms with Gasteiger partial charge in [0.15, 0.2) is 0 Å². The lowest BCUT2D eigenvalue weighted by atomic mass is 10.2. The third-order valence-corrected chi connectivity index (χ3v) is 3.58. The second kappa shape index (κ2) is 5.05. The molecule has 0 saturated heterocycles. The van der Waals surface area contributed by atoms with Gasteiger partial charge in [0.25, 0.3) is 5.91 Å². The molecule has 1 heterocycles. The topological polar surface area (TPSA) is 54.3 Å². The largest absolute Gasteiger partial charge is 0.395 e. The van der Waals surface area contributed by atoms with E-state index in [4.69, 9.17) is 5.11 Å². The summed E-state index contributed by atoms with van der Waals surface area (Å²) in [4.78, 5) is 12.2. The summed E-state index contributed by atoms with van der Waals surface area (Å²) in [6.45, 7) is 1.17. The van der Waals surface area contributed by atoms with Gasteiger partial charge in [-0.2, -0.15) is 0 Å². The van der Waals surface area contributed by atoms with Crippen LogP contribution in [0.25, 0.3) is 10.9 Å². The molecule has 3 rings (SSSR count). The molecule has 2 aromatic rings. The Hall–Kier alpha value is -1.81. The number of amides is 1. The molecule has 0 radical (unpaired) electrons. The van der Waals surface area contributed by atoms with Crippen molar-refractivity contribution in [3.05, 3.63) is 36.0 Å². The predicted molar refractivity (Wildman–Crippen MR) is 74.1 cm³/mol. The van der Waals surface area contributed by atoms with Crippen LogP contribution in [-0.2, 0) is 6.54 Å². The van der Waals surface area contributed by atoms with Crippen molar-refractivity contribution in [3.63, 3.8) is 0 Å². The van der Waals surface area contributed by atoms with E-state index in [9.17, 15) is 4.79 Å². The van der Waals surface area contributed by atoms with E-state index in [0.29, 0.717) is 18.2 Å². The molecule has 19 heavy (non-hydrogen) atoms. The highest BCUT2D eigenvalue weighted by Gasteiger charge is 2.25. The van der Waals surface area contributed by atoms with E-state index in [2.05, 4.69) is 16.0 Å². The number of para-hydroxylation sites is 1. The Morgan fingerprint density at radius 3 is 2.89 bits per heavy atom. The summed E-state index contributed by atoms with van der Waals surface area (Å²) < 4.78 is 2.11. The molecule has 4 nitrogen and oxygen atoms in total. The van der Waals surface area contributed by atoms with E-state index >= 15 is 0 Å². The number of nitrogens with one attached hydrogen (secondary N) is 1. The Bertz CT molecular complexity index is 599. The molecular weight excluding hydrogens is 240 g/mol. The van der Waals surface area contributed by atoms with Crippen molar-refractivity contribution >= 4 is 16.8 Å². The summed E-state index contributed by atoms with van der Waals surface area (Å²) in [5, 5.41) is 12.6. The second-order valence-corrected chi connectivity index (χ2v) is 5.12. The van der Waals surface area contributed by atoms with Crippen LogP contribution in [0.2, 0.25) is 0 Å². The van der Waals surface area contributed by atoms with Crippen LogP contribution < -0.4 is 5.32 Å². The van der Waals surface area contributed by atoms with Crippen molar-refractivity contribution in [2.45, 2.75) is 19.4 Å². The van der Waals surface area contributed by atoms with Crippen molar-refractivity contribution in [3.8, 4) is 0 Å². The van der Waals surface area contributed by atoms with Gasteiger partial charge in [0.2, 0.25) is 0 Å². The van der Waals surface area contributed by atoms with Crippen LogP contribution in [0.4, 0.5) is 0 Å². The fourth-order valence-electron chi connectivity index (χ4n) is 2.41. The molecule has 4 heteroatoms. The number of rotatable bonds is 5. The third kappa shape index (κ3) is 2.49. The van der Waals surface area contributed by atoms with E-state index in [-0.39, 0.29) is 12.5 Å². The van der Waals surface area contributed by atoms with E-state index in [1.54, 1.807) is 0 Å². The van der Waals surface area contributed by atoms with Gasteiger partial charge in [0, 0.05) is 24.0 Å². The number of benzene rings is 1. The van der Waals surface area contributed by atoms with Gasteiger partial charge in [-0.3, -0.25) is 4.79 Å². The van der Waals surface area contributed by atoms with Gasteiger partial charge >= 0.3 is 0 Å². The van der Waals surface area contributed by atoms with Gasteiger partial charge in [0.1, 0.15) is 5.69 Å². The number of aliphatic hydroxyl groups is 1. The monoisotopic (exact) mass is 258 g/mol. The van der Waals surface area contributed by atoms with E-state index in [1.165, 1.54) is 12.8 Å². The molecule has 1 aliphatic carbocycles. The summed E-state index contributed by atoms with van der Waals surface area (Å²) in [6.07, 6.45) is 2.51. The minimum Gasteiger partial charge on any atom is -0.395 e. The minimum atomic E-state index is -0.106. The lowest BCUT2D eigenvalue weighted by molar-refractivity contribution is 0.0935. The lowest BCUT2D eigenvalue weighted by Gasteiger charge is -2.10. The van der Waals surface area contributed by atoms with Gasteiger partial charge in [0.05, 0.1) is 6.61 Å². The molecule has 0 bridgehead atoms. The standard InChI is InChI=1S/C15H18N2O2/c18-8-7-16-15(19)14-9-12-3-1-2-4-13(12)17(14)10-11-5-6-11/h1-4,9,11,18H,5-8,10H2,(H,16,19). The molecule has 1 fully saturated rings. The van der Waals surface area contributed by atoms with Crippen molar-refractivity contribution in [2.75, 3.05) is 13.2 Å². The highest BCUT2D eigenvalue weighted by atomic mass is 16.3. The Morgan fingerprint density at radius 2 is 2.16 bits per heavy atom. The third-order valence-electron chi connectivity index (χ3n) is 3.58. The zero-order valence-electron chi connectivity index (χ0n) is 10.8. The molecule has 1 aliphatic rings. The van der Waals surface area contributed by atoms with Crippen molar-refractivity contribution < 1.29 is 9.90 Å². The fraction of sp³-hybridized carbons (Fsp3) is 0.400. The highest BCUT2D eigenvalue weighted by Crippen LogP contribution is 2.33. The number of nitrogens with zero attached hydrogens (tertiary/aromatic N) is 1. The van der Waals surface area contributed by atoms with Gasteiger partial charge in [-0.15, -0.1) is 0 Å². The quantitative estimate of drug-likeness (QED) is 0.859. The van der Waals surface area contributed by atoms with Crippen LogP contribution in [0.15, 0.2) is 30.3 Å². The molecule has 1 saturated carbocycles. The molecule has 1 aromatic carbocycles. The molecule has 1 amide bonds. The number of aliphatic hydroxyl groups excluding tert-OH is 1. The van der Waals surface area contributed by atoms with Crippen molar-refractivity contribution in [1.82, 2.24) is 9.88 Å². The first-order valence-corrected chi connectivity index (χ1v) is 6.77. The van der Waals surface area contributed by atoms with Gasteiger partial charge in [-0.05, 0) is 30.9 Å². The van der Waals surface area contributed by atoms with Crippen molar-refractivity contribution in [2.24, 2.45) is 5.92 Å². The minimum absolute atomic E-state index is 0.0331.